The Morgan fingerprint density at radius 1 is 1.38 bits per heavy atom. The lowest BCUT2D eigenvalue weighted by atomic mass is 10.3. The molecule has 0 bridgehead atoms. The molecule has 1 aromatic heterocycles. The topological polar surface area (TPSA) is 72.2 Å². The molecule has 2 rings (SSSR count). The van der Waals surface area contributed by atoms with Gasteiger partial charge in [-0.15, -0.1) is 11.8 Å². The van der Waals surface area contributed by atoms with Crippen molar-refractivity contribution in [2.24, 2.45) is 0 Å². The first kappa shape index (κ1) is 15.3. The number of thiophene rings is 1. The van der Waals surface area contributed by atoms with E-state index in [1.165, 1.54) is 12.1 Å². The van der Waals surface area contributed by atoms with E-state index in [1.807, 2.05) is 24.5 Å². The second-order valence-corrected chi connectivity index (χ2v) is 5.96. The fourth-order valence-corrected chi connectivity index (χ4v) is 2.76. The number of amides is 1. The third-order valence-electron chi connectivity index (χ3n) is 2.53. The van der Waals surface area contributed by atoms with Gasteiger partial charge < -0.3 is 5.32 Å². The summed E-state index contributed by atoms with van der Waals surface area (Å²) in [7, 11) is 0. The van der Waals surface area contributed by atoms with Crippen LogP contribution in [-0.2, 0) is 4.79 Å². The monoisotopic (exact) mass is 320 g/mol. The molecule has 21 heavy (non-hydrogen) atoms. The first-order chi connectivity index (χ1) is 10.1. The number of hydrogen-bond donors (Lipinski definition) is 1. The Bertz CT molecular complexity index is 695. The van der Waals surface area contributed by atoms with Crippen molar-refractivity contribution in [3.63, 3.8) is 0 Å². The van der Waals surface area contributed by atoms with Crippen molar-refractivity contribution in [1.29, 1.82) is 0 Å². The Labute approximate surface area is 129 Å². The second kappa shape index (κ2) is 7.05. The van der Waals surface area contributed by atoms with Crippen molar-refractivity contribution < 1.29 is 9.72 Å². The smallest absolute Gasteiger partial charge is 0.322 e. The minimum atomic E-state index is -0.448. The van der Waals surface area contributed by atoms with Gasteiger partial charge in [-0.25, -0.2) is 0 Å². The molecule has 7 heteroatoms. The molecule has 1 N–H and O–H groups in total. The summed E-state index contributed by atoms with van der Waals surface area (Å²) in [4.78, 5) is 23.6. The molecule has 2 aromatic rings. The number of hydrogen-bond acceptors (Lipinski definition) is 5. The number of rotatable bonds is 5. The Morgan fingerprint density at radius 3 is 2.86 bits per heavy atom. The van der Waals surface area contributed by atoms with Crippen molar-refractivity contribution in [3.8, 4) is 0 Å². The normalized spacial score (nSPS) is 10.7. The highest BCUT2D eigenvalue weighted by Gasteiger charge is 2.08. The number of thioether (sulfide) groups is 1. The second-order valence-electron chi connectivity index (χ2n) is 3.99. The summed E-state index contributed by atoms with van der Waals surface area (Å²) in [5.74, 6) is -0.274. The van der Waals surface area contributed by atoms with Crippen LogP contribution in [0.15, 0.2) is 47.4 Å². The summed E-state index contributed by atoms with van der Waals surface area (Å²) in [5.41, 5.74) is 0.716. The van der Waals surface area contributed by atoms with E-state index < -0.39 is 4.92 Å². The van der Waals surface area contributed by atoms with E-state index in [9.17, 15) is 14.9 Å². The van der Waals surface area contributed by atoms with E-state index in [0.29, 0.717) is 10.6 Å². The molecule has 0 atom stereocenters. The van der Waals surface area contributed by atoms with Gasteiger partial charge >= 0.3 is 5.00 Å². The Hall–Kier alpha value is -2.12. The molecule has 0 unspecified atom stereocenters. The van der Waals surface area contributed by atoms with Gasteiger partial charge in [0.25, 0.3) is 0 Å². The maximum absolute atomic E-state index is 11.8. The van der Waals surface area contributed by atoms with Crippen molar-refractivity contribution in [2.75, 3.05) is 11.6 Å². The number of carbonyl (C=O) groups excluding carboxylic acids is 1. The van der Waals surface area contributed by atoms with Crippen molar-refractivity contribution in [2.45, 2.75) is 4.90 Å². The van der Waals surface area contributed by atoms with Crippen LogP contribution in [0.3, 0.4) is 0 Å². The predicted octanol–water partition coefficient (Wildman–Crippen LogP) is 4.03. The predicted molar refractivity (Wildman–Crippen MR) is 86.9 cm³/mol. The minimum absolute atomic E-state index is 0.0581. The van der Waals surface area contributed by atoms with Crippen molar-refractivity contribution >= 4 is 45.8 Å². The minimum Gasteiger partial charge on any atom is -0.322 e. The standard InChI is InChI=1S/C14H12N2O3S2/c1-20-12-4-2-3-10(9-12)15-13(17)7-5-11-6-8-14(21-11)16(18)19/h2-9H,1H3,(H,15,17)/b7-5+. The molecule has 5 nitrogen and oxygen atoms in total. The highest BCUT2D eigenvalue weighted by atomic mass is 32.2. The molecule has 0 spiro atoms. The Morgan fingerprint density at radius 2 is 2.19 bits per heavy atom. The number of anilines is 1. The summed E-state index contributed by atoms with van der Waals surface area (Å²) >= 11 is 2.62. The van der Waals surface area contributed by atoms with E-state index in [-0.39, 0.29) is 10.9 Å². The number of nitro groups is 1. The lowest BCUT2D eigenvalue weighted by Crippen LogP contribution is -2.07. The van der Waals surface area contributed by atoms with Gasteiger partial charge in [0.05, 0.1) is 4.92 Å². The number of nitrogens with one attached hydrogen (secondary N) is 1. The lowest BCUT2D eigenvalue weighted by Gasteiger charge is -2.03. The van der Waals surface area contributed by atoms with Crippen LogP contribution in [0.1, 0.15) is 4.88 Å². The van der Waals surface area contributed by atoms with Gasteiger partial charge in [0.2, 0.25) is 5.91 Å². The zero-order valence-corrected chi connectivity index (χ0v) is 12.7. The van der Waals surface area contributed by atoms with E-state index in [4.69, 9.17) is 0 Å². The summed E-state index contributed by atoms with van der Waals surface area (Å²) in [6.07, 6.45) is 4.89. The molecule has 1 heterocycles. The summed E-state index contributed by atoms with van der Waals surface area (Å²) < 4.78 is 0. The van der Waals surface area contributed by atoms with Crippen LogP contribution in [0.25, 0.3) is 6.08 Å². The molecule has 0 saturated heterocycles. The number of carbonyl (C=O) groups is 1. The number of benzene rings is 1. The SMILES string of the molecule is CSc1cccc(NC(=O)/C=C/c2ccc([N+](=O)[O-])s2)c1. The third-order valence-corrected chi connectivity index (χ3v) is 4.26. The van der Waals surface area contributed by atoms with Crippen LogP contribution in [0.4, 0.5) is 10.7 Å². The van der Waals surface area contributed by atoms with Gasteiger partial charge in [0.1, 0.15) is 0 Å². The molecule has 108 valence electrons. The highest BCUT2D eigenvalue weighted by molar-refractivity contribution is 7.98. The Kier molecular flexibility index (Phi) is 5.13. The Balaban J connectivity index is 2.00. The molecule has 0 aliphatic carbocycles. The van der Waals surface area contributed by atoms with Gasteiger partial charge in [-0.1, -0.05) is 17.4 Å². The summed E-state index contributed by atoms with van der Waals surface area (Å²) in [5, 5.41) is 13.4. The average molecular weight is 320 g/mol. The van der Waals surface area contributed by atoms with Gasteiger partial charge in [-0.05, 0) is 36.6 Å². The fraction of sp³-hybridized carbons (Fsp3) is 0.0714. The van der Waals surface area contributed by atoms with Gasteiger partial charge in [-0.3, -0.25) is 14.9 Å². The van der Waals surface area contributed by atoms with E-state index in [0.717, 1.165) is 16.2 Å². The zero-order chi connectivity index (χ0) is 15.2. The first-order valence-corrected chi connectivity index (χ1v) is 8.00. The maximum Gasteiger partial charge on any atom is 0.324 e. The third kappa shape index (κ3) is 4.44. The zero-order valence-electron chi connectivity index (χ0n) is 11.1. The molecule has 0 aliphatic heterocycles. The molecule has 1 amide bonds. The molecule has 0 fully saturated rings. The first-order valence-electron chi connectivity index (χ1n) is 5.96. The lowest BCUT2D eigenvalue weighted by molar-refractivity contribution is -0.380. The maximum atomic E-state index is 11.8. The fourth-order valence-electron chi connectivity index (χ4n) is 1.57. The molecule has 1 aromatic carbocycles. The molecular formula is C14H12N2O3S2. The van der Waals surface area contributed by atoms with E-state index in [1.54, 1.807) is 30.0 Å². The molecule has 0 radical (unpaired) electrons. The van der Waals surface area contributed by atoms with Gasteiger partial charge in [0.15, 0.2) is 0 Å². The molecule has 0 aliphatic rings. The van der Waals surface area contributed by atoms with Crippen molar-refractivity contribution in [1.82, 2.24) is 0 Å². The average Bonchev–Trinajstić information content (AvgIpc) is 2.94. The largest absolute Gasteiger partial charge is 0.324 e. The van der Waals surface area contributed by atoms with Gasteiger partial charge in [0, 0.05) is 27.6 Å². The summed E-state index contributed by atoms with van der Waals surface area (Å²) in [6, 6.07) is 10.5. The highest BCUT2D eigenvalue weighted by Crippen LogP contribution is 2.25. The van der Waals surface area contributed by atoms with E-state index >= 15 is 0 Å². The number of nitrogens with zero attached hydrogens (tertiary/aromatic N) is 1. The van der Waals surface area contributed by atoms with Crippen LogP contribution in [0.5, 0.6) is 0 Å². The van der Waals surface area contributed by atoms with Crippen LogP contribution in [0.2, 0.25) is 0 Å². The van der Waals surface area contributed by atoms with Gasteiger partial charge in [-0.2, -0.15) is 0 Å². The van der Waals surface area contributed by atoms with E-state index in [2.05, 4.69) is 5.32 Å². The summed E-state index contributed by atoms with van der Waals surface area (Å²) in [6.45, 7) is 0. The van der Waals surface area contributed by atoms with Crippen LogP contribution >= 0.6 is 23.1 Å². The van der Waals surface area contributed by atoms with Crippen LogP contribution < -0.4 is 5.32 Å². The van der Waals surface area contributed by atoms with Crippen molar-refractivity contribution in [3.05, 3.63) is 57.5 Å². The van der Waals surface area contributed by atoms with Crippen LogP contribution in [0, 0.1) is 10.1 Å². The molecular weight excluding hydrogens is 308 g/mol. The molecule has 0 saturated carbocycles. The van der Waals surface area contributed by atoms with Crippen LogP contribution in [-0.4, -0.2) is 17.1 Å². The quantitative estimate of drug-likeness (QED) is 0.391.